The molecular formula is C18H33N3. The monoisotopic (exact) mass is 291 g/mol. The second-order valence-corrected chi connectivity index (χ2v) is 6.15. The zero-order valence-electron chi connectivity index (χ0n) is 14.3. The summed E-state index contributed by atoms with van der Waals surface area (Å²) in [4.78, 5) is 4.69. The molecule has 1 atom stereocenters. The largest absolute Gasteiger partial charge is 0.323 e. The maximum Gasteiger partial charge on any atom is 0.0424 e. The van der Waals surface area contributed by atoms with E-state index in [1.807, 2.05) is 0 Å². The van der Waals surface area contributed by atoms with Crippen molar-refractivity contribution in [3.8, 4) is 0 Å². The molecule has 3 heteroatoms. The molecule has 0 amide bonds. The van der Waals surface area contributed by atoms with E-state index in [0.29, 0.717) is 0 Å². The average Bonchev–Trinajstić information content (AvgIpc) is 2.46. The topological polar surface area (TPSA) is 32.5 Å². The lowest BCUT2D eigenvalue weighted by atomic mass is 10.0. The molecule has 2 N–H and O–H groups in total. The van der Waals surface area contributed by atoms with Gasteiger partial charge in [0, 0.05) is 12.6 Å². The fourth-order valence-corrected chi connectivity index (χ4v) is 2.59. The van der Waals surface area contributed by atoms with E-state index in [1.165, 1.54) is 24.0 Å². The van der Waals surface area contributed by atoms with Gasteiger partial charge in [0.25, 0.3) is 0 Å². The van der Waals surface area contributed by atoms with E-state index >= 15 is 0 Å². The maximum absolute atomic E-state index is 6.37. The third kappa shape index (κ3) is 7.07. The molecule has 3 nitrogen and oxygen atoms in total. The molecule has 0 aliphatic rings. The zero-order valence-corrected chi connectivity index (χ0v) is 14.3. The molecule has 21 heavy (non-hydrogen) atoms. The Bertz CT molecular complexity index is 373. The van der Waals surface area contributed by atoms with Gasteiger partial charge >= 0.3 is 0 Å². The molecule has 1 rings (SSSR count). The van der Waals surface area contributed by atoms with Crippen molar-refractivity contribution in [1.82, 2.24) is 9.80 Å². The van der Waals surface area contributed by atoms with Gasteiger partial charge in [-0.25, -0.2) is 0 Å². The van der Waals surface area contributed by atoms with Crippen molar-refractivity contribution in [2.75, 3.05) is 40.3 Å². The van der Waals surface area contributed by atoms with E-state index in [4.69, 9.17) is 5.73 Å². The van der Waals surface area contributed by atoms with Gasteiger partial charge < -0.3 is 15.5 Å². The summed E-state index contributed by atoms with van der Waals surface area (Å²) in [7, 11) is 4.25. The minimum absolute atomic E-state index is 0.111. The first-order valence-electron chi connectivity index (χ1n) is 8.28. The van der Waals surface area contributed by atoms with Crippen molar-refractivity contribution < 1.29 is 0 Å². The molecule has 120 valence electrons. The van der Waals surface area contributed by atoms with Crippen LogP contribution in [0.4, 0.5) is 0 Å². The van der Waals surface area contributed by atoms with Gasteiger partial charge in [-0.2, -0.15) is 0 Å². The molecule has 1 aromatic rings. The van der Waals surface area contributed by atoms with Crippen LogP contribution in [0.3, 0.4) is 0 Å². The first kappa shape index (κ1) is 18.1. The number of nitrogens with zero attached hydrogens (tertiary/aromatic N) is 2. The fraction of sp³-hybridized carbons (Fsp3) is 0.667. The SMILES string of the molecule is CCCc1ccc(C(N)CN(CC)CCCN(C)C)cc1. The van der Waals surface area contributed by atoms with Crippen LogP contribution >= 0.6 is 0 Å². The van der Waals surface area contributed by atoms with Crippen LogP contribution in [-0.4, -0.2) is 50.1 Å². The number of hydrogen-bond acceptors (Lipinski definition) is 3. The Morgan fingerprint density at radius 3 is 2.24 bits per heavy atom. The lowest BCUT2D eigenvalue weighted by Crippen LogP contribution is -2.34. The smallest absolute Gasteiger partial charge is 0.0424 e. The second kappa shape index (κ2) is 9.93. The summed E-state index contributed by atoms with van der Waals surface area (Å²) in [5.41, 5.74) is 9.03. The number of benzene rings is 1. The van der Waals surface area contributed by atoms with Crippen molar-refractivity contribution in [2.24, 2.45) is 5.73 Å². The van der Waals surface area contributed by atoms with Crippen LogP contribution in [0.5, 0.6) is 0 Å². The van der Waals surface area contributed by atoms with Crippen molar-refractivity contribution in [3.63, 3.8) is 0 Å². The second-order valence-electron chi connectivity index (χ2n) is 6.15. The molecular weight excluding hydrogens is 258 g/mol. The Labute approximate surface area is 131 Å². The first-order chi connectivity index (χ1) is 10.1. The molecule has 0 fully saturated rings. The highest BCUT2D eigenvalue weighted by Crippen LogP contribution is 2.14. The quantitative estimate of drug-likeness (QED) is 0.719. The molecule has 1 aromatic carbocycles. The van der Waals surface area contributed by atoms with Crippen LogP contribution in [0, 0.1) is 0 Å². The Kier molecular flexibility index (Phi) is 8.58. The highest BCUT2D eigenvalue weighted by molar-refractivity contribution is 5.25. The predicted molar refractivity (Wildman–Crippen MR) is 92.7 cm³/mol. The van der Waals surface area contributed by atoms with Crippen LogP contribution in [0.25, 0.3) is 0 Å². The van der Waals surface area contributed by atoms with Crippen molar-refractivity contribution in [2.45, 2.75) is 39.2 Å². The van der Waals surface area contributed by atoms with Crippen molar-refractivity contribution in [1.29, 1.82) is 0 Å². The fourth-order valence-electron chi connectivity index (χ4n) is 2.59. The van der Waals surface area contributed by atoms with Gasteiger partial charge in [-0.15, -0.1) is 0 Å². The van der Waals surface area contributed by atoms with Gasteiger partial charge in [-0.05, 0) is 57.7 Å². The van der Waals surface area contributed by atoms with E-state index in [9.17, 15) is 0 Å². The van der Waals surface area contributed by atoms with Gasteiger partial charge in [0.2, 0.25) is 0 Å². The highest BCUT2D eigenvalue weighted by Gasteiger charge is 2.11. The average molecular weight is 291 g/mol. The molecule has 0 radical (unpaired) electrons. The molecule has 0 aromatic heterocycles. The number of likely N-dealkylation sites (N-methyl/N-ethyl adjacent to an activating group) is 1. The molecule has 0 bridgehead atoms. The third-order valence-electron chi connectivity index (χ3n) is 3.93. The molecule has 0 aliphatic heterocycles. The standard InChI is InChI=1S/C18H33N3/c1-5-8-16-9-11-17(12-10-16)18(19)15-21(6-2)14-7-13-20(3)4/h9-12,18H,5-8,13-15,19H2,1-4H3. The summed E-state index contributed by atoms with van der Waals surface area (Å²) in [5.74, 6) is 0. The van der Waals surface area contributed by atoms with Gasteiger partial charge in [0.05, 0.1) is 0 Å². The maximum atomic E-state index is 6.37. The van der Waals surface area contributed by atoms with Crippen LogP contribution in [-0.2, 0) is 6.42 Å². The first-order valence-corrected chi connectivity index (χ1v) is 8.28. The van der Waals surface area contributed by atoms with E-state index in [-0.39, 0.29) is 6.04 Å². The number of nitrogens with two attached hydrogens (primary N) is 1. The molecule has 0 heterocycles. The molecule has 0 spiro atoms. The van der Waals surface area contributed by atoms with E-state index in [1.54, 1.807) is 0 Å². The number of hydrogen-bond donors (Lipinski definition) is 1. The molecule has 0 aliphatic carbocycles. The summed E-state index contributed by atoms with van der Waals surface area (Å²) in [5, 5.41) is 0. The van der Waals surface area contributed by atoms with E-state index < -0.39 is 0 Å². The van der Waals surface area contributed by atoms with Gasteiger partial charge in [0.1, 0.15) is 0 Å². The summed E-state index contributed by atoms with van der Waals surface area (Å²) in [6.07, 6.45) is 3.55. The van der Waals surface area contributed by atoms with Crippen LogP contribution in [0.1, 0.15) is 43.9 Å². The van der Waals surface area contributed by atoms with Gasteiger partial charge in [-0.1, -0.05) is 44.5 Å². The van der Waals surface area contributed by atoms with Crippen LogP contribution in [0.15, 0.2) is 24.3 Å². The normalized spacial score (nSPS) is 13.1. The Morgan fingerprint density at radius 2 is 1.71 bits per heavy atom. The minimum atomic E-state index is 0.111. The highest BCUT2D eigenvalue weighted by atomic mass is 15.1. The molecule has 0 saturated carbocycles. The van der Waals surface area contributed by atoms with Crippen LogP contribution < -0.4 is 5.73 Å². The van der Waals surface area contributed by atoms with E-state index in [0.717, 1.165) is 32.6 Å². The Balaban J connectivity index is 2.47. The predicted octanol–water partition coefficient (Wildman–Crippen LogP) is 2.91. The summed E-state index contributed by atoms with van der Waals surface area (Å²) >= 11 is 0. The Morgan fingerprint density at radius 1 is 1.05 bits per heavy atom. The van der Waals surface area contributed by atoms with Crippen LogP contribution in [0.2, 0.25) is 0 Å². The Hall–Kier alpha value is -0.900. The number of aryl methyl sites for hydroxylation is 1. The lowest BCUT2D eigenvalue weighted by molar-refractivity contribution is 0.252. The van der Waals surface area contributed by atoms with Crippen molar-refractivity contribution in [3.05, 3.63) is 35.4 Å². The molecule has 0 saturated heterocycles. The third-order valence-corrected chi connectivity index (χ3v) is 3.93. The van der Waals surface area contributed by atoms with Gasteiger partial charge in [0.15, 0.2) is 0 Å². The summed E-state index contributed by atoms with van der Waals surface area (Å²) < 4.78 is 0. The summed E-state index contributed by atoms with van der Waals surface area (Å²) in [6, 6.07) is 8.95. The van der Waals surface area contributed by atoms with Crippen molar-refractivity contribution >= 4 is 0 Å². The number of rotatable bonds is 10. The lowest BCUT2D eigenvalue weighted by Gasteiger charge is -2.25. The summed E-state index contributed by atoms with van der Waals surface area (Å²) in [6.45, 7) is 8.69. The zero-order chi connectivity index (χ0) is 15.7. The van der Waals surface area contributed by atoms with E-state index in [2.05, 4.69) is 62.0 Å². The van der Waals surface area contributed by atoms with Gasteiger partial charge in [-0.3, -0.25) is 0 Å². The minimum Gasteiger partial charge on any atom is -0.323 e. The molecule has 1 unspecified atom stereocenters.